The zero-order valence-electron chi connectivity index (χ0n) is 20.4. The summed E-state index contributed by atoms with van der Waals surface area (Å²) in [6.07, 6.45) is 6.39. The third kappa shape index (κ3) is 5.19. The summed E-state index contributed by atoms with van der Waals surface area (Å²) >= 11 is 0. The monoisotopic (exact) mass is 481 g/mol. The minimum absolute atomic E-state index is 0.110. The molecule has 2 aliphatic heterocycles. The van der Waals surface area contributed by atoms with Crippen LogP contribution < -0.4 is 10.5 Å². The molecule has 1 amide bonds. The Balaban J connectivity index is 1.27. The molecule has 0 saturated carbocycles. The van der Waals surface area contributed by atoms with E-state index < -0.39 is 0 Å². The Morgan fingerprint density at radius 1 is 1.06 bits per heavy atom. The second kappa shape index (κ2) is 10.8. The first-order valence-corrected chi connectivity index (χ1v) is 12.6. The van der Waals surface area contributed by atoms with Crippen molar-refractivity contribution in [2.75, 3.05) is 31.9 Å². The quantitative estimate of drug-likeness (QED) is 0.535. The Labute approximate surface area is 212 Å². The molecule has 2 aliphatic rings. The van der Waals surface area contributed by atoms with Gasteiger partial charge < -0.3 is 20.3 Å². The lowest BCUT2D eigenvalue weighted by molar-refractivity contribution is 0.0709. The van der Waals surface area contributed by atoms with Gasteiger partial charge in [-0.05, 0) is 68.6 Å². The van der Waals surface area contributed by atoms with Crippen LogP contribution in [0, 0.1) is 11.3 Å². The number of nitriles is 1. The van der Waals surface area contributed by atoms with Crippen molar-refractivity contribution >= 4 is 11.7 Å². The molecule has 0 spiro atoms. The number of pyridine rings is 1. The predicted octanol–water partition coefficient (Wildman–Crippen LogP) is 4.48. The molecule has 1 atom stereocenters. The molecule has 3 aromatic rings. The van der Waals surface area contributed by atoms with E-state index in [1.165, 1.54) is 12.8 Å². The molecule has 3 heterocycles. The van der Waals surface area contributed by atoms with Crippen molar-refractivity contribution < 1.29 is 9.53 Å². The Kier molecular flexibility index (Phi) is 7.15. The van der Waals surface area contributed by atoms with Gasteiger partial charge in [-0.15, -0.1) is 0 Å². The fourth-order valence-corrected chi connectivity index (χ4v) is 5.17. The van der Waals surface area contributed by atoms with Gasteiger partial charge >= 0.3 is 0 Å². The summed E-state index contributed by atoms with van der Waals surface area (Å²) in [5, 5.41) is 9.30. The summed E-state index contributed by atoms with van der Waals surface area (Å²) in [6.45, 7) is 4.35. The number of aromatic nitrogens is 1. The van der Waals surface area contributed by atoms with E-state index in [0.717, 1.165) is 55.7 Å². The summed E-state index contributed by atoms with van der Waals surface area (Å²) < 4.78 is 5.92. The van der Waals surface area contributed by atoms with E-state index in [9.17, 15) is 10.1 Å². The zero-order chi connectivity index (χ0) is 24.9. The Morgan fingerprint density at radius 2 is 1.83 bits per heavy atom. The first kappa shape index (κ1) is 23.8. The van der Waals surface area contributed by atoms with Crippen LogP contribution in [0.5, 0.6) is 5.75 Å². The Bertz CT molecular complexity index is 1260. The number of nitrogens with zero attached hydrogens (tertiary/aromatic N) is 4. The largest absolute Gasteiger partial charge is 0.485 e. The number of rotatable bonds is 7. The van der Waals surface area contributed by atoms with Crippen LogP contribution in [-0.4, -0.2) is 52.9 Å². The molecule has 0 aliphatic carbocycles. The highest BCUT2D eigenvalue weighted by atomic mass is 16.5. The molecular formula is C29H31N5O2. The highest BCUT2D eigenvalue weighted by Crippen LogP contribution is 2.29. The molecule has 2 aromatic carbocycles. The van der Waals surface area contributed by atoms with Gasteiger partial charge in [0.1, 0.15) is 6.61 Å². The first-order valence-electron chi connectivity index (χ1n) is 12.6. The number of amides is 1. The normalized spacial score (nSPS) is 17.8. The molecule has 1 aromatic heterocycles. The molecule has 0 radical (unpaired) electrons. The summed E-state index contributed by atoms with van der Waals surface area (Å²) in [7, 11) is 0. The van der Waals surface area contributed by atoms with Crippen LogP contribution in [0.3, 0.4) is 0 Å². The molecule has 2 saturated heterocycles. The van der Waals surface area contributed by atoms with E-state index in [1.54, 1.807) is 12.3 Å². The number of hydrogen-bond donors (Lipinski definition) is 1. The standard InChI is InChI=1S/C29H31N5O2/c30-17-23-6-1-2-7-24(23)20-36-27-16-25(18-32-28(27)31)21-9-11-22(12-10-21)29(35)34-15-5-8-26(34)19-33-13-3-4-14-33/h1-2,6-7,9-12,16,18,26H,3-5,8,13-15,19-20H2,(H2,31,32)/t26-/m0/s1. The topological polar surface area (TPSA) is 95.5 Å². The summed E-state index contributed by atoms with van der Waals surface area (Å²) in [5.41, 5.74) is 9.90. The van der Waals surface area contributed by atoms with Crippen molar-refractivity contribution in [1.29, 1.82) is 5.26 Å². The van der Waals surface area contributed by atoms with E-state index in [4.69, 9.17) is 10.5 Å². The first-order chi connectivity index (χ1) is 17.6. The van der Waals surface area contributed by atoms with Crippen LogP contribution in [0.2, 0.25) is 0 Å². The second-order valence-electron chi connectivity index (χ2n) is 9.54. The maximum atomic E-state index is 13.3. The minimum atomic E-state index is 0.110. The van der Waals surface area contributed by atoms with Gasteiger partial charge in [0, 0.05) is 42.0 Å². The minimum Gasteiger partial charge on any atom is -0.485 e. The highest BCUT2D eigenvalue weighted by molar-refractivity contribution is 5.95. The van der Waals surface area contributed by atoms with Crippen molar-refractivity contribution in [3.63, 3.8) is 0 Å². The van der Waals surface area contributed by atoms with Crippen molar-refractivity contribution in [2.45, 2.75) is 38.3 Å². The number of nitrogen functional groups attached to an aromatic ring is 1. The molecule has 7 heteroatoms. The third-order valence-corrected chi connectivity index (χ3v) is 7.17. The van der Waals surface area contributed by atoms with E-state index in [2.05, 4.69) is 20.9 Å². The number of likely N-dealkylation sites (tertiary alicyclic amines) is 2. The number of benzene rings is 2. The highest BCUT2D eigenvalue weighted by Gasteiger charge is 2.31. The van der Waals surface area contributed by atoms with Crippen molar-refractivity contribution in [3.05, 3.63) is 77.5 Å². The van der Waals surface area contributed by atoms with Crippen LogP contribution >= 0.6 is 0 Å². The number of anilines is 1. The third-order valence-electron chi connectivity index (χ3n) is 7.17. The van der Waals surface area contributed by atoms with Crippen LogP contribution in [0.4, 0.5) is 5.82 Å². The molecule has 2 fully saturated rings. The number of nitrogens with two attached hydrogens (primary N) is 1. The number of hydrogen-bond acceptors (Lipinski definition) is 6. The molecule has 36 heavy (non-hydrogen) atoms. The van der Waals surface area contributed by atoms with E-state index in [0.29, 0.717) is 22.9 Å². The lowest BCUT2D eigenvalue weighted by atomic mass is 10.0. The summed E-state index contributed by atoms with van der Waals surface area (Å²) in [4.78, 5) is 22.1. The second-order valence-corrected chi connectivity index (χ2v) is 9.54. The number of carbonyl (C=O) groups is 1. The number of carbonyl (C=O) groups excluding carboxylic acids is 1. The van der Waals surface area contributed by atoms with Crippen molar-refractivity contribution in [3.8, 4) is 22.9 Å². The molecule has 184 valence electrons. The maximum absolute atomic E-state index is 13.3. The van der Waals surface area contributed by atoms with Gasteiger partial charge in [0.05, 0.1) is 11.6 Å². The predicted molar refractivity (Wildman–Crippen MR) is 139 cm³/mol. The van der Waals surface area contributed by atoms with Gasteiger partial charge in [-0.3, -0.25) is 4.79 Å². The molecule has 0 bridgehead atoms. The Hall–Kier alpha value is -3.89. The van der Waals surface area contributed by atoms with E-state index in [1.807, 2.05) is 48.5 Å². The van der Waals surface area contributed by atoms with Gasteiger partial charge in [-0.1, -0.05) is 30.3 Å². The molecule has 5 rings (SSSR count). The SMILES string of the molecule is N#Cc1ccccc1COc1cc(-c2ccc(C(=O)N3CCC[C@H]3CN3CCCC3)cc2)cnc1N. The van der Waals surface area contributed by atoms with Crippen LogP contribution in [0.15, 0.2) is 60.8 Å². The lowest BCUT2D eigenvalue weighted by Crippen LogP contribution is -2.42. The van der Waals surface area contributed by atoms with Gasteiger partial charge in [0.25, 0.3) is 5.91 Å². The van der Waals surface area contributed by atoms with E-state index >= 15 is 0 Å². The zero-order valence-corrected chi connectivity index (χ0v) is 20.4. The van der Waals surface area contributed by atoms with Crippen LogP contribution in [-0.2, 0) is 6.61 Å². The average molecular weight is 482 g/mol. The molecule has 7 nitrogen and oxygen atoms in total. The lowest BCUT2D eigenvalue weighted by Gasteiger charge is -2.28. The fraction of sp³-hybridized carbons (Fsp3) is 0.345. The van der Waals surface area contributed by atoms with E-state index in [-0.39, 0.29) is 18.3 Å². The van der Waals surface area contributed by atoms with Crippen molar-refractivity contribution in [2.24, 2.45) is 0 Å². The number of ether oxygens (including phenoxy) is 1. The average Bonchev–Trinajstić information content (AvgIpc) is 3.61. The Morgan fingerprint density at radius 3 is 2.61 bits per heavy atom. The van der Waals surface area contributed by atoms with Gasteiger partial charge in [-0.25, -0.2) is 4.98 Å². The smallest absolute Gasteiger partial charge is 0.254 e. The molecule has 2 N–H and O–H groups in total. The molecular weight excluding hydrogens is 450 g/mol. The van der Waals surface area contributed by atoms with Crippen LogP contribution in [0.25, 0.3) is 11.1 Å². The molecule has 0 unspecified atom stereocenters. The summed E-state index contributed by atoms with van der Waals surface area (Å²) in [6, 6.07) is 19.3. The van der Waals surface area contributed by atoms with Crippen molar-refractivity contribution in [1.82, 2.24) is 14.8 Å². The van der Waals surface area contributed by atoms with Gasteiger partial charge in [-0.2, -0.15) is 5.26 Å². The summed E-state index contributed by atoms with van der Waals surface area (Å²) in [5.74, 6) is 0.860. The maximum Gasteiger partial charge on any atom is 0.254 e. The van der Waals surface area contributed by atoms with Crippen LogP contribution in [0.1, 0.15) is 47.2 Å². The van der Waals surface area contributed by atoms with Gasteiger partial charge in [0.2, 0.25) is 0 Å². The fourth-order valence-electron chi connectivity index (χ4n) is 5.17. The van der Waals surface area contributed by atoms with Gasteiger partial charge in [0.15, 0.2) is 11.6 Å².